The van der Waals surface area contributed by atoms with Gasteiger partial charge in [-0.2, -0.15) is 0 Å². The monoisotopic (exact) mass is 425 g/mol. The number of anilines is 1. The van der Waals surface area contributed by atoms with Gasteiger partial charge in [-0.15, -0.1) is 0 Å². The van der Waals surface area contributed by atoms with Crippen LogP contribution in [0.4, 0.5) is 5.69 Å². The van der Waals surface area contributed by atoms with Crippen molar-refractivity contribution in [2.24, 2.45) is 0 Å². The van der Waals surface area contributed by atoms with Crippen LogP contribution in [-0.2, 0) is 13.2 Å². The standard InChI is InChI=1S/C22H20BrNO3/c1-15-4-2-3-5-17(15)14-27-21-11-8-19(23)12-18(21)13-24-20-9-6-16(7-10-20)22(25)26/h2-12,24H,13-14H2,1H3,(H,25,26). The zero-order valence-electron chi connectivity index (χ0n) is 14.9. The molecule has 0 saturated heterocycles. The molecule has 4 nitrogen and oxygen atoms in total. The van der Waals surface area contributed by atoms with E-state index in [0.29, 0.717) is 13.2 Å². The van der Waals surface area contributed by atoms with Crippen LogP contribution in [0.25, 0.3) is 0 Å². The average Bonchev–Trinajstić information content (AvgIpc) is 2.67. The number of carboxylic acid groups (broad SMARTS) is 1. The van der Waals surface area contributed by atoms with E-state index in [9.17, 15) is 4.79 Å². The number of hydrogen-bond donors (Lipinski definition) is 2. The molecule has 0 amide bonds. The van der Waals surface area contributed by atoms with E-state index >= 15 is 0 Å². The van der Waals surface area contributed by atoms with Gasteiger partial charge in [0.15, 0.2) is 0 Å². The van der Waals surface area contributed by atoms with Crippen LogP contribution >= 0.6 is 15.9 Å². The van der Waals surface area contributed by atoms with Crippen molar-refractivity contribution in [3.05, 3.63) is 93.5 Å². The highest BCUT2D eigenvalue weighted by atomic mass is 79.9. The van der Waals surface area contributed by atoms with Crippen molar-refractivity contribution in [3.63, 3.8) is 0 Å². The summed E-state index contributed by atoms with van der Waals surface area (Å²) in [4.78, 5) is 10.9. The Morgan fingerprint density at radius 1 is 1.04 bits per heavy atom. The molecule has 0 bridgehead atoms. The maximum atomic E-state index is 10.9. The van der Waals surface area contributed by atoms with Crippen molar-refractivity contribution in [2.75, 3.05) is 5.32 Å². The number of ether oxygens (including phenoxy) is 1. The number of carboxylic acids is 1. The molecule has 3 aromatic carbocycles. The van der Waals surface area contributed by atoms with Gasteiger partial charge in [-0.05, 0) is 60.5 Å². The van der Waals surface area contributed by atoms with E-state index in [1.165, 1.54) is 5.56 Å². The zero-order chi connectivity index (χ0) is 19.2. The molecule has 27 heavy (non-hydrogen) atoms. The summed E-state index contributed by atoms with van der Waals surface area (Å²) in [5, 5.41) is 12.3. The highest BCUT2D eigenvalue weighted by molar-refractivity contribution is 9.10. The van der Waals surface area contributed by atoms with Gasteiger partial charge in [-0.1, -0.05) is 40.2 Å². The molecule has 0 atom stereocenters. The van der Waals surface area contributed by atoms with E-state index in [4.69, 9.17) is 9.84 Å². The Morgan fingerprint density at radius 3 is 2.48 bits per heavy atom. The van der Waals surface area contributed by atoms with E-state index in [0.717, 1.165) is 27.0 Å². The van der Waals surface area contributed by atoms with Crippen LogP contribution in [0.1, 0.15) is 27.0 Å². The van der Waals surface area contributed by atoms with Crippen LogP contribution in [0.15, 0.2) is 71.2 Å². The highest BCUT2D eigenvalue weighted by Crippen LogP contribution is 2.25. The molecule has 138 valence electrons. The second-order valence-corrected chi connectivity index (χ2v) is 7.12. The van der Waals surface area contributed by atoms with Crippen LogP contribution in [-0.4, -0.2) is 11.1 Å². The Morgan fingerprint density at radius 2 is 1.78 bits per heavy atom. The summed E-state index contributed by atoms with van der Waals surface area (Å²) in [7, 11) is 0. The number of halogens is 1. The maximum absolute atomic E-state index is 10.9. The molecule has 0 aromatic heterocycles. The number of carbonyl (C=O) groups is 1. The summed E-state index contributed by atoms with van der Waals surface area (Å²) in [6.07, 6.45) is 0. The summed E-state index contributed by atoms with van der Waals surface area (Å²) >= 11 is 3.51. The van der Waals surface area contributed by atoms with Crippen molar-refractivity contribution in [2.45, 2.75) is 20.1 Å². The Balaban J connectivity index is 1.70. The quantitative estimate of drug-likeness (QED) is 0.513. The molecule has 0 aliphatic carbocycles. The predicted molar refractivity (Wildman–Crippen MR) is 110 cm³/mol. The van der Waals surface area contributed by atoms with Crippen LogP contribution in [0, 0.1) is 6.92 Å². The lowest BCUT2D eigenvalue weighted by Gasteiger charge is -2.14. The average molecular weight is 426 g/mol. The first kappa shape index (κ1) is 19.0. The number of aryl methyl sites for hydroxylation is 1. The lowest BCUT2D eigenvalue weighted by Crippen LogP contribution is -2.05. The second kappa shape index (κ2) is 8.73. The van der Waals surface area contributed by atoms with E-state index in [1.54, 1.807) is 24.3 Å². The van der Waals surface area contributed by atoms with Crippen molar-refractivity contribution < 1.29 is 14.6 Å². The molecule has 3 rings (SSSR count). The first-order valence-corrected chi connectivity index (χ1v) is 9.35. The van der Waals surface area contributed by atoms with Gasteiger partial charge in [0.05, 0.1) is 5.56 Å². The minimum absolute atomic E-state index is 0.269. The van der Waals surface area contributed by atoms with Crippen LogP contribution in [0.5, 0.6) is 5.75 Å². The van der Waals surface area contributed by atoms with Gasteiger partial charge in [-0.3, -0.25) is 0 Å². The summed E-state index contributed by atoms with van der Waals surface area (Å²) in [5.74, 6) is -0.114. The SMILES string of the molecule is Cc1ccccc1COc1ccc(Br)cc1CNc1ccc(C(=O)O)cc1. The lowest BCUT2D eigenvalue weighted by molar-refractivity contribution is 0.0697. The number of hydrogen-bond acceptors (Lipinski definition) is 3. The van der Waals surface area contributed by atoms with Gasteiger partial charge >= 0.3 is 5.97 Å². The summed E-state index contributed by atoms with van der Waals surface area (Å²) in [6, 6.07) is 20.8. The molecule has 2 N–H and O–H groups in total. The summed E-state index contributed by atoms with van der Waals surface area (Å²) < 4.78 is 7.04. The highest BCUT2D eigenvalue weighted by Gasteiger charge is 2.07. The molecule has 0 spiro atoms. The van der Waals surface area contributed by atoms with Crippen LogP contribution in [0.2, 0.25) is 0 Å². The maximum Gasteiger partial charge on any atom is 0.335 e. The minimum atomic E-state index is -0.930. The number of benzene rings is 3. The Labute approximate surface area is 166 Å². The minimum Gasteiger partial charge on any atom is -0.489 e. The molecule has 0 heterocycles. The van der Waals surface area contributed by atoms with Gasteiger partial charge in [-0.25, -0.2) is 4.79 Å². The van der Waals surface area contributed by atoms with Gasteiger partial charge in [0, 0.05) is 22.3 Å². The zero-order valence-corrected chi connectivity index (χ0v) is 16.5. The van der Waals surface area contributed by atoms with Gasteiger partial charge in [0.1, 0.15) is 12.4 Å². The Kier molecular flexibility index (Phi) is 6.14. The summed E-state index contributed by atoms with van der Waals surface area (Å²) in [5.41, 5.74) is 4.49. The third kappa shape index (κ3) is 5.11. The summed E-state index contributed by atoms with van der Waals surface area (Å²) in [6.45, 7) is 3.15. The molecule has 3 aromatic rings. The lowest BCUT2D eigenvalue weighted by atomic mass is 10.1. The van der Waals surface area contributed by atoms with E-state index in [-0.39, 0.29) is 5.56 Å². The predicted octanol–water partition coefficient (Wildman–Crippen LogP) is 5.65. The second-order valence-electron chi connectivity index (χ2n) is 6.20. The van der Waals surface area contributed by atoms with E-state index in [1.807, 2.05) is 30.3 Å². The number of nitrogens with one attached hydrogen (secondary N) is 1. The van der Waals surface area contributed by atoms with Gasteiger partial charge < -0.3 is 15.2 Å². The smallest absolute Gasteiger partial charge is 0.335 e. The van der Waals surface area contributed by atoms with Crippen molar-refractivity contribution in [1.29, 1.82) is 0 Å². The molecule has 0 fully saturated rings. The molecule has 0 radical (unpaired) electrons. The molecular weight excluding hydrogens is 406 g/mol. The third-order valence-electron chi connectivity index (χ3n) is 4.28. The largest absolute Gasteiger partial charge is 0.489 e. The molecule has 0 saturated carbocycles. The van der Waals surface area contributed by atoms with Crippen LogP contribution < -0.4 is 10.1 Å². The fourth-order valence-corrected chi connectivity index (χ4v) is 3.09. The first-order chi connectivity index (χ1) is 13.0. The van der Waals surface area contributed by atoms with Gasteiger partial charge in [0.25, 0.3) is 0 Å². The molecule has 0 unspecified atom stereocenters. The fourth-order valence-electron chi connectivity index (χ4n) is 2.68. The molecule has 5 heteroatoms. The fraction of sp³-hybridized carbons (Fsp3) is 0.136. The normalized spacial score (nSPS) is 10.4. The Bertz CT molecular complexity index is 939. The molecule has 0 aliphatic heterocycles. The Hall–Kier alpha value is -2.79. The third-order valence-corrected chi connectivity index (χ3v) is 4.78. The number of aromatic carboxylic acids is 1. The molecular formula is C22H20BrNO3. The number of rotatable bonds is 7. The van der Waals surface area contributed by atoms with Crippen LogP contribution in [0.3, 0.4) is 0 Å². The first-order valence-electron chi connectivity index (χ1n) is 8.56. The van der Waals surface area contributed by atoms with Crippen molar-refractivity contribution >= 4 is 27.6 Å². The van der Waals surface area contributed by atoms with E-state index < -0.39 is 5.97 Å². The topological polar surface area (TPSA) is 58.6 Å². The van der Waals surface area contributed by atoms with Crippen molar-refractivity contribution in [1.82, 2.24) is 0 Å². The van der Waals surface area contributed by atoms with Crippen molar-refractivity contribution in [3.8, 4) is 5.75 Å². The molecule has 0 aliphatic rings. The van der Waals surface area contributed by atoms with Gasteiger partial charge in [0.2, 0.25) is 0 Å². The van der Waals surface area contributed by atoms with E-state index in [2.05, 4.69) is 40.3 Å².